The van der Waals surface area contributed by atoms with Crippen LogP contribution in [-0.4, -0.2) is 30.3 Å². The summed E-state index contributed by atoms with van der Waals surface area (Å²) in [5.74, 6) is 2.69. The number of hydrogen-bond donors (Lipinski definition) is 1. The van der Waals surface area contributed by atoms with E-state index in [1.807, 2.05) is 31.3 Å². The van der Waals surface area contributed by atoms with Crippen LogP contribution >= 0.6 is 0 Å². The van der Waals surface area contributed by atoms with Crippen molar-refractivity contribution >= 4 is 11.8 Å². The van der Waals surface area contributed by atoms with Crippen molar-refractivity contribution in [1.29, 1.82) is 0 Å². The van der Waals surface area contributed by atoms with Crippen LogP contribution in [0.4, 0.5) is 0 Å². The number of rotatable bonds is 7. The van der Waals surface area contributed by atoms with Gasteiger partial charge in [-0.3, -0.25) is 9.59 Å². The summed E-state index contributed by atoms with van der Waals surface area (Å²) in [6, 6.07) is 7.72. The summed E-state index contributed by atoms with van der Waals surface area (Å²) in [7, 11) is 1.86. The Morgan fingerprint density at radius 1 is 1.04 bits per heavy atom. The first-order chi connectivity index (χ1) is 13.5. The molecule has 1 N–H and O–H groups in total. The lowest BCUT2D eigenvalue weighted by atomic mass is 9.49. The van der Waals surface area contributed by atoms with Gasteiger partial charge in [-0.2, -0.15) is 0 Å². The molecule has 0 aliphatic heterocycles. The third-order valence-electron chi connectivity index (χ3n) is 7.37. The van der Waals surface area contributed by atoms with Gasteiger partial charge in [0.1, 0.15) is 0 Å². The van der Waals surface area contributed by atoms with Crippen LogP contribution in [0, 0.1) is 23.2 Å². The lowest BCUT2D eigenvalue weighted by Crippen LogP contribution is -2.53. The summed E-state index contributed by atoms with van der Waals surface area (Å²) < 4.78 is 0. The van der Waals surface area contributed by atoms with Gasteiger partial charge in [-0.25, -0.2) is 0 Å². The van der Waals surface area contributed by atoms with Crippen molar-refractivity contribution in [1.82, 2.24) is 10.2 Å². The van der Waals surface area contributed by atoms with Gasteiger partial charge in [0.15, 0.2) is 0 Å². The molecule has 4 heteroatoms. The van der Waals surface area contributed by atoms with Crippen LogP contribution < -0.4 is 5.32 Å². The molecule has 152 valence electrons. The lowest BCUT2D eigenvalue weighted by molar-refractivity contribution is -0.146. The van der Waals surface area contributed by atoms with Gasteiger partial charge in [0.2, 0.25) is 5.91 Å². The molecule has 28 heavy (non-hydrogen) atoms. The minimum absolute atomic E-state index is 0.0672. The van der Waals surface area contributed by atoms with E-state index >= 15 is 0 Å². The van der Waals surface area contributed by atoms with E-state index in [9.17, 15) is 9.59 Å². The second-order valence-electron chi connectivity index (χ2n) is 9.66. The minimum atomic E-state index is -0.0906. The van der Waals surface area contributed by atoms with E-state index in [-0.39, 0.29) is 17.2 Å². The van der Waals surface area contributed by atoms with Crippen molar-refractivity contribution < 1.29 is 9.59 Å². The second kappa shape index (κ2) is 7.88. The average Bonchev–Trinajstić information content (AvgIpc) is 2.69. The molecule has 0 saturated heterocycles. The van der Waals surface area contributed by atoms with E-state index in [2.05, 4.69) is 12.2 Å². The normalized spacial score (nSPS) is 30.3. The van der Waals surface area contributed by atoms with Crippen LogP contribution in [0.5, 0.6) is 0 Å². The van der Waals surface area contributed by atoms with Gasteiger partial charge in [-0.1, -0.05) is 25.5 Å². The first kappa shape index (κ1) is 19.5. The molecular weight excluding hydrogens is 348 g/mol. The third kappa shape index (κ3) is 3.83. The van der Waals surface area contributed by atoms with E-state index in [4.69, 9.17) is 0 Å². The van der Waals surface area contributed by atoms with Crippen molar-refractivity contribution in [2.45, 2.75) is 64.8 Å². The highest BCUT2D eigenvalue weighted by Gasteiger charge is 2.54. The van der Waals surface area contributed by atoms with Gasteiger partial charge < -0.3 is 10.2 Å². The summed E-state index contributed by atoms with van der Waals surface area (Å²) in [5.41, 5.74) is 1.69. The topological polar surface area (TPSA) is 49.4 Å². The van der Waals surface area contributed by atoms with Gasteiger partial charge in [-0.15, -0.1) is 0 Å². The molecule has 0 atom stereocenters. The molecule has 4 nitrogen and oxygen atoms in total. The number of unbranched alkanes of at least 4 members (excludes halogenated alkanes) is 1. The van der Waals surface area contributed by atoms with Gasteiger partial charge in [0.05, 0.1) is 0 Å². The first-order valence-electron chi connectivity index (χ1n) is 11.1. The number of nitrogens with zero attached hydrogens (tertiary/aromatic N) is 1. The number of carbonyl (C=O) groups is 2. The zero-order chi connectivity index (χ0) is 19.7. The fraction of sp³-hybridized carbons (Fsp3) is 0.667. The zero-order valence-electron chi connectivity index (χ0n) is 17.4. The molecule has 4 aliphatic rings. The molecule has 0 spiro atoms. The summed E-state index contributed by atoms with van der Waals surface area (Å²) in [6.07, 6.45) is 9.47. The second-order valence-corrected chi connectivity index (χ2v) is 9.66. The highest BCUT2D eigenvalue weighted by molar-refractivity contribution is 5.94. The van der Waals surface area contributed by atoms with Crippen LogP contribution in [0.2, 0.25) is 0 Å². The summed E-state index contributed by atoms with van der Waals surface area (Å²) >= 11 is 0. The maximum absolute atomic E-state index is 13.1. The molecule has 0 radical (unpaired) electrons. The van der Waals surface area contributed by atoms with E-state index < -0.39 is 0 Å². The van der Waals surface area contributed by atoms with Crippen LogP contribution in [0.3, 0.4) is 0 Å². The largest absolute Gasteiger partial charge is 0.352 e. The Labute approximate surface area is 169 Å². The predicted octanol–water partition coefficient (Wildman–Crippen LogP) is 4.39. The molecule has 5 rings (SSSR count). The molecule has 4 saturated carbocycles. The molecule has 0 aromatic heterocycles. The van der Waals surface area contributed by atoms with Crippen molar-refractivity contribution in [3.05, 3.63) is 35.4 Å². The third-order valence-corrected chi connectivity index (χ3v) is 7.37. The smallest absolute Gasteiger partial charge is 0.253 e. The molecule has 2 amide bonds. The highest BCUT2D eigenvalue weighted by Crippen LogP contribution is 2.60. The van der Waals surface area contributed by atoms with Gasteiger partial charge in [-0.05, 0) is 80.4 Å². The van der Waals surface area contributed by atoms with E-state index in [1.165, 1.54) is 19.3 Å². The molecular formula is C24H34N2O2. The summed E-state index contributed by atoms with van der Waals surface area (Å²) in [5, 5.41) is 3.22. The fourth-order valence-electron chi connectivity index (χ4n) is 6.24. The molecule has 4 fully saturated rings. The Morgan fingerprint density at radius 2 is 1.61 bits per heavy atom. The fourth-order valence-corrected chi connectivity index (χ4v) is 6.24. The summed E-state index contributed by atoms with van der Waals surface area (Å²) in [6.45, 7) is 3.48. The summed E-state index contributed by atoms with van der Waals surface area (Å²) in [4.78, 5) is 27.3. The van der Waals surface area contributed by atoms with Crippen molar-refractivity contribution in [3.8, 4) is 0 Å². The average molecular weight is 383 g/mol. The number of carbonyl (C=O) groups excluding carboxylic acids is 2. The molecule has 1 aromatic rings. The van der Waals surface area contributed by atoms with E-state index in [0.717, 1.165) is 67.5 Å². The lowest BCUT2D eigenvalue weighted by Gasteiger charge is -2.55. The molecule has 4 aliphatic carbocycles. The molecule has 1 aromatic carbocycles. The zero-order valence-corrected chi connectivity index (χ0v) is 17.4. The minimum Gasteiger partial charge on any atom is -0.352 e. The number of hydrogen-bond acceptors (Lipinski definition) is 2. The Hall–Kier alpha value is -1.84. The van der Waals surface area contributed by atoms with E-state index in [1.54, 1.807) is 4.90 Å². The first-order valence-corrected chi connectivity index (χ1v) is 11.1. The molecule has 0 unspecified atom stereocenters. The Bertz CT molecular complexity index is 689. The monoisotopic (exact) mass is 382 g/mol. The SMILES string of the molecule is CCCCN(C)C(=O)c1ccc(CNC(=O)C23CC4CC(CC(C4)C2)C3)cc1. The number of amides is 2. The van der Waals surface area contributed by atoms with Crippen molar-refractivity contribution in [2.75, 3.05) is 13.6 Å². The maximum atomic E-state index is 13.1. The standard InChI is InChI=1S/C24H34N2O2/c1-3-4-9-26(2)22(27)21-7-5-17(6-8-21)16-25-23(28)24-13-18-10-19(14-24)12-20(11-18)15-24/h5-8,18-20H,3-4,9-16H2,1-2H3,(H,25,28). The van der Waals surface area contributed by atoms with Crippen LogP contribution in [0.25, 0.3) is 0 Å². The van der Waals surface area contributed by atoms with E-state index in [0.29, 0.717) is 6.54 Å². The van der Waals surface area contributed by atoms with Crippen LogP contribution in [0.15, 0.2) is 24.3 Å². The number of benzene rings is 1. The number of nitrogens with one attached hydrogen (secondary N) is 1. The molecule has 0 heterocycles. The Morgan fingerprint density at radius 3 is 2.14 bits per heavy atom. The van der Waals surface area contributed by atoms with Crippen LogP contribution in [0.1, 0.15) is 74.2 Å². The van der Waals surface area contributed by atoms with Gasteiger partial charge >= 0.3 is 0 Å². The van der Waals surface area contributed by atoms with Gasteiger partial charge in [0, 0.05) is 31.1 Å². The highest BCUT2D eigenvalue weighted by atomic mass is 16.2. The Kier molecular flexibility index (Phi) is 5.48. The molecule has 4 bridgehead atoms. The Balaban J connectivity index is 1.33. The maximum Gasteiger partial charge on any atom is 0.253 e. The predicted molar refractivity (Wildman–Crippen MR) is 111 cm³/mol. The van der Waals surface area contributed by atoms with Crippen LogP contribution in [-0.2, 0) is 11.3 Å². The quantitative estimate of drug-likeness (QED) is 0.760. The van der Waals surface area contributed by atoms with Crippen molar-refractivity contribution in [2.24, 2.45) is 23.2 Å². The van der Waals surface area contributed by atoms with Crippen molar-refractivity contribution in [3.63, 3.8) is 0 Å². The van der Waals surface area contributed by atoms with Gasteiger partial charge in [0.25, 0.3) is 5.91 Å².